The first kappa shape index (κ1) is 16.8. The number of Topliss-reactive ketones (excluding diaryl/α,β-unsaturated/α-hetero) is 1. The second-order valence-corrected chi connectivity index (χ2v) is 5.50. The van der Waals surface area contributed by atoms with Crippen molar-refractivity contribution < 1.29 is 14.0 Å². The van der Waals surface area contributed by atoms with Crippen molar-refractivity contribution in [2.45, 2.75) is 26.3 Å². The third kappa shape index (κ3) is 4.23. The van der Waals surface area contributed by atoms with Crippen LogP contribution in [0.5, 0.6) is 0 Å². The Bertz CT molecular complexity index is 724. The summed E-state index contributed by atoms with van der Waals surface area (Å²) < 4.78 is 12.9. The highest BCUT2D eigenvalue weighted by molar-refractivity contribution is 6.07. The Balaban J connectivity index is 2.28. The molecule has 0 fully saturated rings. The summed E-state index contributed by atoms with van der Waals surface area (Å²) in [5, 5.41) is 2.72. The molecule has 23 heavy (non-hydrogen) atoms. The van der Waals surface area contributed by atoms with Gasteiger partial charge in [-0.25, -0.2) is 4.39 Å². The number of aryl methyl sites for hydroxylation is 1. The van der Waals surface area contributed by atoms with Gasteiger partial charge in [0.2, 0.25) is 0 Å². The molecule has 0 spiro atoms. The molecule has 0 aromatic heterocycles. The van der Waals surface area contributed by atoms with Crippen LogP contribution in [-0.4, -0.2) is 17.7 Å². The van der Waals surface area contributed by atoms with Crippen LogP contribution in [-0.2, 0) is 11.2 Å². The topological polar surface area (TPSA) is 72.2 Å². The van der Waals surface area contributed by atoms with Crippen molar-refractivity contribution in [1.82, 2.24) is 0 Å². The van der Waals surface area contributed by atoms with Gasteiger partial charge in [-0.2, -0.15) is 0 Å². The third-order valence-electron chi connectivity index (χ3n) is 3.56. The number of anilines is 1. The minimum atomic E-state index is -0.580. The lowest BCUT2D eigenvalue weighted by Gasteiger charge is -2.13. The molecule has 0 heterocycles. The Morgan fingerprint density at radius 2 is 1.83 bits per heavy atom. The Hall–Kier alpha value is -2.53. The molecule has 0 aliphatic rings. The molecule has 120 valence electrons. The number of halogens is 1. The second-order valence-electron chi connectivity index (χ2n) is 5.50. The van der Waals surface area contributed by atoms with E-state index in [0.717, 1.165) is 5.56 Å². The summed E-state index contributed by atoms with van der Waals surface area (Å²) in [4.78, 5) is 24.4. The lowest BCUT2D eigenvalue weighted by molar-refractivity contribution is -0.119. The summed E-state index contributed by atoms with van der Waals surface area (Å²) in [6.45, 7) is 3.43. The number of hydrogen-bond donors (Lipinski definition) is 2. The van der Waals surface area contributed by atoms with Crippen LogP contribution in [0.15, 0.2) is 42.5 Å². The molecule has 2 aromatic carbocycles. The summed E-state index contributed by atoms with van der Waals surface area (Å²) >= 11 is 0. The zero-order valence-corrected chi connectivity index (χ0v) is 13.1. The van der Waals surface area contributed by atoms with Gasteiger partial charge in [-0.15, -0.1) is 0 Å². The SMILES string of the molecule is Cc1cccc(CC(=O)[C@H](C)N)c1C(=O)Nc1ccc(F)cc1. The average molecular weight is 314 g/mol. The molecule has 0 aliphatic heterocycles. The number of carbonyl (C=O) groups is 2. The maximum absolute atomic E-state index is 12.9. The number of amides is 1. The number of nitrogens with two attached hydrogens (primary N) is 1. The highest BCUT2D eigenvalue weighted by atomic mass is 19.1. The molecule has 0 radical (unpaired) electrons. The molecular weight excluding hydrogens is 295 g/mol. The first-order valence-corrected chi connectivity index (χ1v) is 7.32. The van der Waals surface area contributed by atoms with Gasteiger partial charge in [0.05, 0.1) is 6.04 Å². The van der Waals surface area contributed by atoms with Gasteiger partial charge in [0.1, 0.15) is 5.82 Å². The van der Waals surface area contributed by atoms with E-state index in [2.05, 4.69) is 5.32 Å². The van der Waals surface area contributed by atoms with Gasteiger partial charge >= 0.3 is 0 Å². The highest BCUT2D eigenvalue weighted by Crippen LogP contribution is 2.18. The monoisotopic (exact) mass is 314 g/mol. The summed E-state index contributed by atoms with van der Waals surface area (Å²) in [6.07, 6.45) is 0.103. The van der Waals surface area contributed by atoms with E-state index in [-0.39, 0.29) is 23.9 Å². The predicted octanol–water partition coefficient (Wildman–Crippen LogP) is 2.85. The fraction of sp³-hybridized carbons (Fsp3) is 0.222. The Morgan fingerprint density at radius 3 is 2.43 bits per heavy atom. The zero-order chi connectivity index (χ0) is 17.0. The van der Waals surface area contributed by atoms with E-state index < -0.39 is 6.04 Å². The molecular formula is C18H19FN2O2. The number of hydrogen-bond acceptors (Lipinski definition) is 3. The van der Waals surface area contributed by atoms with Gasteiger partial charge in [0.25, 0.3) is 5.91 Å². The quantitative estimate of drug-likeness (QED) is 0.891. The van der Waals surface area contributed by atoms with Crippen LogP contribution < -0.4 is 11.1 Å². The summed E-state index contributed by atoms with van der Waals surface area (Å²) in [5.74, 6) is -0.837. The van der Waals surface area contributed by atoms with E-state index in [4.69, 9.17) is 5.73 Å². The standard InChI is InChI=1S/C18H19FN2O2/c1-11-4-3-5-13(10-16(22)12(2)20)17(11)18(23)21-15-8-6-14(19)7-9-15/h3-9,12H,10,20H2,1-2H3,(H,21,23)/t12-/m0/s1. The lowest BCUT2D eigenvalue weighted by Crippen LogP contribution is -2.29. The van der Waals surface area contributed by atoms with Crippen LogP contribution in [0.3, 0.4) is 0 Å². The first-order valence-electron chi connectivity index (χ1n) is 7.32. The molecule has 5 heteroatoms. The smallest absolute Gasteiger partial charge is 0.256 e. The average Bonchev–Trinajstić information content (AvgIpc) is 2.49. The number of rotatable bonds is 5. The lowest BCUT2D eigenvalue weighted by atomic mass is 9.95. The molecule has 4 nitrogen and oxygen atoms in total. The van der Waals surface area contributed by atoms with E-state index in [9.17, 15) is 14.0 Å². The Kier molecular flexibility index (Phi) is 5.24. The van der Waals surface area contributed by atoms with E-state index in [1.54, 1.807) is 32.0 Å². The Labute approximate surface area is 134 Å². The highest BCUT2D eigenvalue weighted by Gasteiger charge is 2.18. The van der Waals surface area contributed by atoms with Crippen molar-refractivity contribution in [3.05, 3.63) is 65.0 Å². The zero-order valence-electron chi connectivity index (χ0n) is 13.1. The third-order valence-corrected chi connectivity index (χ3v) is 3.56. The largest absolute Gasteiger partial charge is 0.322 e. The molecule has 0 bridgehead atoms. The normalized spacial score (nSPS) is 11.8. The summed E-state index contributed by atoms with van der Waals surface area (Å²) in [6, 6.07) is 10.3. The molecule has 0 saturated heterocycles. The minimum absolute atomic E-state index is 0.103. The van der Waals surface area contributed by atoms with Gasteiger partial charge in [-0.05, 0) is 49.2 Å². The molecule has 1 atom stereocenters. The molecule has 0 aliphatic carbocycles. The van der Waals surface area contributed by atoms with Crippen molar-refractivity contribution in [2.75, 3.05) is 5.32 Å². The molecule has 3 N–H and O–H groups in total. The van der Waals surface area contributed by atoms with E-state index in [1.165, 1.54) is 24.3 Å². The first-order chi connectivity index (χ1) is 10.9. The molecule has 1 amide bonds. The van der Waals surface area contributed by atoms with Gasteiger partial charge < -0.3 is 11.1 Å². The van der Waals surface area contributed by atoms with Gasteiger partial charge in [0.15, 0.2) is 5.78 Å². The van der Waals surface area contributed by atoms with Gasteiger partial charge in [-0.3, -0.25) is 9.59 Å². The molecule has 2 aromatic rings. The van der Waals surface area contributed by atoms with Crippen LogP contribution in [0.1, 0.15) is 28.4 Å². The van der Waals surface area contributed by atoms with Crippen molar-refractivity contribution in [3.8, 4) is 0 Å². The number of carbonyl (C=O) groups excluding carboxylic acids is 2. The fourth-order valence-electron chi connectivity index (χ4n) is 2.28. The molecule has 0 saturated carbocycles. The van der Waals surface area contributed by atoms with Crippen LogP contribution in [0, 0.1) is 12.7 Å². The molecule has 2 rings (SSSR count). The van der Waals surface area contributed by atoms with Crippen molar-refractivity contribution >= 4 is 17.4 Å². The maximum atomic E-state index is 12.9. The van der Waals surface area contributed by atoms with Crippen molar-refractivity contribution in [2.24, 2.45) is 5.73 Å². The maximum Gasteiger partial charge on any atom is 0.256 e. The van der Waals surface area contributed by atoms with Crippen LogP contribution in [0.4, 0.5) is 10.1 Å². The van der Waals surface area contributed by atoms with Gasteiger partial charge in [-0.1, -0.05) is 18.2 Å². The number of benzene rings is 2. The summed E-state index contributed by atoms with van der Waals surface area (Å²) in [7, 11) is 0. The van der Waals surface area contributed by atoms with Gasteiger partial charge in [0, 0.05) is 17.7 Å². The number of ketones is 1. The van der Waals surface area contributed by atoms with Crippen LogP contribution >= 0.6 is 0 Å². The van der Waals surface area contributed by atoms with Crippen LogP contribution in [0.25, 0.3) is 0 Å². The van der Waals surface area contributed by atoms with Crippen molar-refractivity contribution in [3.63, 3.8) is 0 Å². The van der Waals surface area contributed by atoms with Crippen molar-refractivity contribution in [1.29, 1.82) is 0 Å². The Morgan fingerprint density at radius 1 is 1.17 bits per heavy atom. The molecule has 0 unspecified atom stereocenters. The predicted molar refractivity (Wildman–Crippen MR) is 87.9 cm³/mol. The fourth-order valence-corrected chi connectivity index (χ4v) is 2.28. The van der Waals surface area contributed by atoms with E-state index in [1.807, 2.05) is 0 Å². The minimum Gasteiger partial charge on any atom is -0.322 e. The van der Waals surface area contributed by atoms with E-state index in [0.29, 0.717) is 16.8 Å². The van der Waals surface area contributed by atoms with Crippen LogP contribution in [0.2, 0.25) is 0 Å². The van der Waals surface area contributed by atoms with E-state index >= 15 is 0 Å². The second kappa shape index (κ2) is 7.15. The number of nitrogens with one attached hydrogen (secondary N) is 1. The summed E-state index contributed by atoms with van der Waals surface area (Å²) in [5.41, 5.74) is 7.93.